The molecule has 0 radical (unpaired) electrons. The van der Waals surface area contributed by atoms with Crippen LogP contribution >= 0.6 is 11.8 Å². The molecule has 4 nitrogen and oxygen atoms in total. The van der Waals surface area contributed by atoms with Gasteiger partial charge in [0, 0.05) is 35.1 Å². The molecule has 0 spiro atoms. The van der Waals surface area contributed by atoms with Crippen LogP contribution in [0.15, 0.2) is 47.4 Å². The van der Waals surface area contributed by atoms with Crippen LogP contribution < -0.4 is 14.8 Å². The number of aryl methyl sites for hydroxylation is 1. The third-order valence-electron chi connectivity index (χ3n) is 4.63. The van der Waals surface area contributed by atoms with Crippen LogP contribution in [-0.4, -0.2) is 24.4 Å². The summed E-state index contributed by atoms with van der Waals surface area (Å²) < 4.78 is 11.4. The molecule has 1 heterocycles. The molecular weight excluding hydrogens is 358 g/mol. The van der Waals surface area contributed by atoms with Gasteiger partial charge in [0.25, 0.3) is 0 Å². The number of rotatable bonds is 6. The van der Waals surface area contributed by atoms with Gasteiger partial charge < -0.3 is 14.8 Å². The van der Waals surface area contributed by atoms with E-state index in [0.29, 0.717) is 6.42 Å². The number of ether oxygens (including phenoxy) is 2. The maximum Gasteiger partial charge on any atom is 0.221 e. The van der Waals surface area contributed by atoms with Gasteiger partial charge in [0.1, 0.15) is 17.1 Å². The lowest BCUT2D eigenvalue weighted by atomic mass is 9.89. The molecule has 1 N–H and O–H groups in total. The van der Waals surface area contributed by atoms with E-state index in [2.05, 4.69) is 36.5 Å². The summed E-state index contributed by atoms with van der Waals surface area (Å²) in [6.45, 7) is 6.16. The third kappa shape index (κ3) is 5.19. The number of methoxy groups -OCH3 is 1. The molecule has 1 aliphatic heterocycles. The predicted octanol–water partition coefficient (Wildman–Crippen LogP) is 4.90. The quantitative estimate of drug-likeness (QED) is 0.718. The Kier molecular flexibility index (Phi) is 6.00. The molecule has 2 aromatic rings. The summed E-state index contributed by atoms with van der Waals surface area (Å²) in [5.74, 6) is 2.37. The van der Waals surface area contributed by atoms with Crippen molar-refractivity contribution in [1.82, 2.24) is 5.32 Å². The molecule has 2 aromatic carbocycles. The first-order valence-electron chi connectivity index (χ1n) is 9.22. The van der Waals surface area contributed by atoms with Gasteiger partial charge in [-0.1, -0.05) is 17.7 Å². The van der Waals surface area contributed by atoms with Gasteiger partial charge in [0.15, 0.2) is 0 Å². The second-order valence-electron chi connectivity index (χ2n) is 7.50. The van der Waals surface area contributed by atoms with Crippen LogP contribution in [0.3, 0.4) is 0 Å². The van der Waals surface area contributed by atoms with E-state index in [1.54, 1.807) is 18.9 Å². The Balaban J connectivity index is 1.60. The molecule has 1 amide bonds. The number of carbonyl (C=O) groups excluding carboxylic acids is 1. The van der Waals surface area contributed by atoms with Crippen molar-refractivity contribution in [3.8, 4) is 11.5 Å². The van der Waals surface area contributed by atoms with Gasteiger partial charge in [0.05, 0.1) is 13.2 Å². The van der Waals surface area contributed by atoms with Gasteiger partial charge in [-0.15, -0.1) is 11.8 Å². The Morgan fingerprint density at radius 2 is 2.00 bits per heavy atom. The van der Waals surface area contributed by atoms with Crippen LogP contribution in [0.2, 0.25) is 0 Å². The SMILES string of the molecule is COc1ccc2c(c1)OC(C)(C)C[C@@H]2NC(=O)CCSc1ccc(C)cc1. The summed E-state index contributed by atoms with van der Waals surface area (Å²) in [4.78, 5) is 13.7. The maximum atomic E-state index is 12.5. The number of hydrogen-bond acceptors (Lipinski definition) is 4. The highest BCUT2D eigenvalue weighted by molar-refractivity contribution is 7.99. The van der Waals surface area contributed by atoms with Crippen LogP contribution in [0.5, 0.6) is 11.5 Å². The minimum Gasteiger partial charge on any atom is -0.497 e. The van der Waals surface area contributed by atoms with E-state index in [1.807, 2.05) is 32.0 Å². The molecular formula is C22H27NO3S. The molecule has 0 aromatic heterocycles. The van der Waals surface area contributed by atoms with Crippen molar-refractivity contribution in [3.05, 3.63) is 53.6 Å². The molecule has 144 valence electrons. The average molecular weight is 386 g/mol. The number of nitrogens with one attached hydrogen (secondary N) is 1. The van der Waals surface area contributed by atoms with Crippen molar-refractivity contribution < 1.29 is 14.3 Å². The molecule has 1 atom stereocenters. The zero-order valence-corrected chi connectivity index (χ0v) is 17.2. The van der Waals surface area contributed by atoms with Gasteiger partial charge in [-0.2, -0.15) is 0 Å². The van der Waals surface area contributed by atoms with E-state index >= 15 is 0 Å². The lowest BCUT2D eigenvalue weighted by molar-refractivity contribution is -0.121. The summed E-state index contributed by atoms with van der Waals surface area (Å²) in [6, 6.07) is 14.1. The first-order valence-corrected chi connectivity index (χ1v) is 10.2. The molecule has 3 rings (SSSR count). The molecule has 0 aliphatic carbocycles. The summed E-state index contributed by atoms with van der Waals surface area (Å²) >= 11 is 1.71. The highest BCUT2D eigenvalue weighted by atomic mass is 32.2. The molecule has 0 saturated heterocycles. The second-order valence-corrected chi connectivity index (χ2v) is 8.67. The minimum absolute atomic E-state index is 0.0495. The number of carbonyl (C=O) groups is 1. The van der Waals surface area contributed by atoms with Gasteiger partial charge in [-0.05, 0) is 45.0 Å². The molecule has 0 bridgehead atoms. The first-order chi connectivity index (χ1) is 12.9. The van der Waals surface area contributed by atoms with Crippen LogP contribution in [-0.2, 0) is 4.79 Å². The first kappa shape index (κ1) is 19.6. The molecule has 5 heteroatoms. The zero-order chi connectivity index (χ0) is 19.4. The number of fused-ring (bicyclic) bond motifs is 1. The molecule has 27 heavy (non-hydrogen) atoms. The zero-order valence-electron chi connectivity index (χ0n) is 16.4. The predicted molar refractivity (Wildman–Crippen MR) is 110 cm³/mol. The van der Waals surface area contributed by atoms with Crippen LogP contribution in [0.4, 0.5) is 0 Å². The van der Waals surface area contributed by atoms with Gasteiger partial charge in [-0.3, -0.25) is 4.79 Å². The standard InChI is InChI=1S/C22H27NO3S/c1-15-5-8-17(9-6-15)27-12-11-21(24)23-19-14-22(2,3)26-20-13-16(25-4)7-10-18(19)20/h5-10,13,19H,11-12,14H2,1-4H3,(H,23,24)/t19-/m0/s1. The number of hydrogen-bond donors (Lipinski definition) is 1. The lowest BCUT2D eigenvalue weighted by Gasteiger charge is -2.38. The van der Waals surface area contributed by atoms with Crippen LogP contribution in [0.25, 0.3) is 0 Å². The number of benzene rings is 2. The third-order valence-corrected chi connectivity index (χ3v) is 5.65. The smallest absolute Gasteiger partial charge is 0.221 e. The van der Waals surface area contributed by atoms with Crippen LogP contribution in [0.1, 0.15) is 43.9 Å². The van der Waals surface area contributed by atoms with E-state index in [0.717, 1.165) is 29.2 Å². The van der Waals surface area contributed by atoms with Crippen molar-refractivity contribution >= 4 is 17.7 Å². The Bertz CT molecular complexity index is 802. The Morgan fingerprint density at radius 3 is 2.70 bits per heavy atom. The van der Waals surface area contributed by atoms with E-state index in [1.165, 1.54) is 10.5 Å². The second kappa shape index (κ2) is 8.26. The van der Waals surface area contributed by atoms with Crippen LogP contribution in [0, 0.1) is 6.92 Å². The Morgan fingerprint density at radius 1 is 1.26 bits per heavy atom. The number of thioether (sulfide) groups is 1. The van der Waals surface area contributed by atoms with Crippen molar-refractivity contribution in [2.45, 2.75) is 50.2 Å². The highest BCUT2D eigenvalue weighted by Gasteiger charge is 2.34. The van der Waals surface area contributed by atoms with Gasteiger partial charge in [0.2, 0.25) is 5.91 Å². The summed E-state index contributed by atoms with van der Waals surface area (Å²) in [5, 5.41) is 3.19. The maximum absolute atomic E-state index is 12.5. The fourth-order valence-corrected chi connectivity index (χ4v) is 4.10. The van der Waals surface area contributed by atoms with E-state index in [9.17, 15) is 4.79 Å². The fourth-order valence-electron chi connectivity index (χ4n) is 3.25. The number of amides is 1. The molecule has 0 fully saturated rings. The summed E-state index contributed by atoms with van der Waals surface area (Å²) in [5.41, 5.74) is 1.91. The normalized spacial score (nSPS) is 17.6. The fraction of sp³-hybridized carbons (Fsp3) is 0.409. The topological polar surface area (TPSA) is 47.6 Å². The Hall–Kier alpha value is -2.14. The van der Waals surface area contributed by atoms with E-state index < -0.39 is 0 Å². The minimum atomic E-state index is -0.339. The van der Waals surface area contributed by atoms with Crippen molar-refractivity contribution in [2.24, 2.45) is 0 Å². The van der Waals surface area contributed by atoms with Crippen molar-refractivity contribution in [2.75, 3.05) is 12.9 Å². The van der Waals surface area contributed by atoms with Crippen molar-refractivity contribution in [3.63, 3.8) is 0 Å². The van der Waals surface area contributed by atoms with E-state index in [4.69, 9.17) is 9.47 Å². The van der Waals surface area contributed by atoms with Gasteiger partial charge >= 0.3 is 0 Å². The average Bonchev–Trinajstić information content (AvgIpc) is 2.62. The summed E-state index contributed by atoms with van der Waals surface area (Å²) in [6.07, 6.45) is 1.23. The highest BCUT2D eigenvalue weighted by Crippen LogP contribution is 2.41. The Labute approximate surface area is 165 Å². The monoisotopic (exact) mass is 385 g/mol. The van der Waals surface area contributed by atoms with Crippen molar-refractivity contribution in [1.29, 1.82) is 0 Å². The van der Waals surface area contributed by atoms with E-state index in [-0.39, 0.29) is 17.6 Å². The van der Waals surface area contributed by atoms with Gasteiger partial charge in [-0.25, -0.2) is 0 Å². The summed E-state index contributed by atoms with van der Waals surface area (Å²) in [7, 11) is 1.64. The molecule has 0 unspecified atom stereocenters. The molecule has 0 saturated carbocycles. The largest absolute Gasteiger partial charge is 0.497 e. The lowest BCUT2D eigenvalue weighted by Crippen LogP contribution is -2.41. The molecule has 1 aliphatic rings.